The molecule has 0 spiro atoms. The number of nitro benzene ring substituents is 1. The molecule has 0 saturated heterocycles. The number of carbonyl (C=O) groups is 2. The number of methoxy groups -OCH3 is 1. The third-order valence-electron chi connectivity index (χ3n) is 4.76. The maximum Gasteiger partial charge on any atom is 0.311 e. The lowest BCUT2D eigenvalue weighted by molar-refractivity contribution is -0.385. The number of benzene rings is 1. The fourth-order valence-corrected chi connectivity index (χ4v) is 4.93. The molecule has 1 aromatic heterocycles. The fraction of sp³-hybridized carbons (Fsp3) is 0.316. The van der Waals surface area contributed by atoms with E-state index in [1.54, 1.807) is 0 Å². The van der Waals surface area contributed by atoms with Gasteiger partial charge in [0.05, 0.1) is 17.6 Å². The summed E-state index contributed by atoms with van der Waals surface area (Å²) in [5.41, 5.74) is 6.67. The molecule has 0 atom stereocenters. The normalized spacial score (nSPS) is 13.0. The van der Waals surface area contributed by atoms with Crippen molar-refractivity contribution in [3.63, 3.8) is 0 Å². The van der Waals surface area contributed by atoms with Crippen LogP contribution in [0.3, 0.4) is 0 Å². The van der Waals surface area contributed by atoms with Gasteiger partial charge < -0.3 is 15.8 Å². The molecule has 30 heavy (non-hydrogen) atoms. The lowest BCUT2D eigenvalue weighted by Crippen LogP contribution is -2.34. The molecule has 0 unspecified atom stereocenters. The Kier molecular flexibility index (Phi) is 6.63. The summed E-state index contributed by atoms with van der Waals surface area (Å²) in [4.78, 5) is 36.1. The van der Waals surface area contributed by atoms with E-state index in [4.69, 9.17) is 22.7 Å². The van der Waals surface area contributed by atoms with Crippen LogP contribution in [0.2, 0.25) is 0 Å². The molecule has 1 aliphatic carbocycles. The Bertz CT molecular complexity index is 1030. The maximum absolute atomic E-state index is 12.5. The van der Waals surface area contributed by atoms with Gasteiger partial charge in [0.25, 0.3) is 11.8 Å². The predicted octanol–water partition coefficient (Wildman–Crippen LogP) is 3.16. The first kappa shape index (κ1) is 21.7. The number of thiophene rings is 1. The number of aryl methyl sites for hydroxylation is 1. The number of hydrogen-bond acceptors (Lipinski definition) is 7. The van der Waals surface area contributed by atoms with Gasteiger partial charge in [0.2, 0.25) is 0 Å². The molecule has 0 radical (unpaired) electrons. The van der Waals surface area contributed by atoms with E-state index in [-0.39, 0.29) is 22.1 Å². The van der Waals surface area contributed by atoms with Crippen LogP contribution < -0.4 is 21.1 Å². The molecule has 0 bridgehead atoms. The average molecular weight is 449 g/mol. The van der Waals surface area contributed by atoms with Crippen molar-refractivity contribution >= 4 is 51.2 Å². The van der Waals surface area contributed by atoms with Gasteiger partial charge in [-0.1, -0.05) is 6.42 Å². The lowest BCUT2D eigenvalue weighted by Gasteiger charge is -2.10. The van der Waals surface area contributed by atoms with Gasteiger partial charge in [0.15, 0.2) is 10.9 Å². The van der Waals surface area contributed by atoms with Gasteiger partial charge in [-0.15, -0.1) is 11.3 Å². The van der Waals surface area contributed by atoms with E-state index in [1.165, 1.54) is 30.6 Å². The van der Waals surface area contributed by atoms with E-state index in [9.17, 15) is 19.7 Å². The molecule has 158 valence electrons. The molecule has 1 aromatic carbocycles. The number of nitrogens with two attached hydrogens (primary N) is 1. The molecule has 1 heterocycles. The number of nitrogens with one attached hydrogen (secondary N) is 2. The largest absolute Gasteiger partial charge is 0.490 e. The van der Waals surface area contributed by atoms with Crippen LogP contribution >= 0.6 is 23.6 Å². The number of hydrogen-bond donors (Lipinski definition) is 3. The van der Waals surface area contributed by atoms with Crippen molar-refractivity contribution in [2.24, 2.45) is 5.73 Å². The number of carbonyl (C=O) groups excluding carboxylic acids is 2. The van der Waals surface area contributed by atoms with Gasteiger partial charge in [0, 0.05) is 16.5 Å². The number of nitro groups is 1. The van der Waals surface area contributed by atoms with Crippen molar-refractivity contribution in [1.29, 1.82) is 0 Å². The standard InChI is InChI=1S/C19H20N4O5S2/c1-28-13-8-7-10(9-12(13)23(26)27)17(25)21-19(29)22-18-15(16(20)24)11-5-3-2-4-6-14(11)30-18/h7-9H,2-6H2,1H3,(H2,20,24)(H2,21,22,25,29). The Labute approximate surface area is 181 Å². The zero-order chi connectivity index (χ0) is 21.8. The van der Waals surface area contributed by atoms with Crippen molar-refractivity contribution in [3.05, 3.63) is 49.9 Å². The first-order valence-electron chi connectivity index (χ1n) is 9.21. The monoisotopic (exact) mass is 448 g/mol. The van der Waals surface area contributed by atoms with Crippen LogP contribution in [-0.4, -0.2) is 29.0 Å². The summed E-state index contributed by atoms with van der Waals surface area (Å²) in [6.45, 7) is 0. The minimum absolute atomic E-state index is 0.0302. The molecule has 11 heteroatoms. The lowest BCUT2D eigenvalue weighted by atomic mass is 10.1. The Balaban J connectivity index is 1.78. The summed E-state index contributed by atoms with van der Waals surface area (Å²) in [6.07, 6.45) is 4.78. The van der Waals surface area contributed by atoms with Crippen LogP contribution in [0, 0.1) is 10.1 Å². The molecule has 0 fully saturated rings. The van der Waals surface area contributed by atoms with Gasteiger partial charge in [-0.25, -0.2) is 0 Å². The predicted molar refractivity (Wildman–Crippen MR) is 117 cm³/mol. The van der Waals surface area contributed by atoms with Crippen LogP contribution in [0.4, 0.5) is 10.7 Å². The molecule has 3 rings (SSSR count). The second kappa shape index (κ2) is 9.18. The zero-order valence-electron chi connectivity index (χ0n) is 16.1. The molecule has 0 saturated carbocycles. The van der Waals surface area contributed by atoms with Gasteiger partial charge >= 0.3 is 5.69 Å². The van der Waals surface area contributed by atoms with Crippen LogP contribution in [-0.2, 0) is 12.8 Å². The highest BCUT2D eigenvalue weighted by atomic mass is 32.1. The molecule has 9 nitrogen and oxygen atoms in total. The van der Waals surface area contributed by atoms with Gasteiger partial charge in [0.1, 0.15) is 5.00 Å². The molecular weight excluding hydrogens is 428 g/mol. The van der Waals surface area contributed by atoms with Crippen LogP contribution in [0.1, 0.15) is 50.4 Å². The number of ether oxygens (including phenoxy) is 1. The summed E-state index contributed by atoms with van der Waals surface area (Å²) in [7, 11) is 1.31. The third kappa shape index (κ3) is 4.57. The number of rotatable bonds is 5. The fourth-order valence-electron chi connectivity index (χ4n) is 3.37. The maximum atomic E-state index is 12.5. The van der Waals surface area contributed by atoms with Crippen molar-refractivity contribution in [3.8, 4) is 5.75 Å². The molecule has 1 aliphatic rings. The van der Waals surface area contributed by atoms with Crippen molar-refractivity contribution in [2.45, 2.75) is 32.1 Å². The Morgan fingerprint density at radius 3 is 2.67 bits per heavy atom. The van der Waals surface area contributed by atoms with E-state index in [2.05, 4.69) is 10.6 Å². The minimum atomic E-state index is -0.635. The Morgan fingerprint density at radius 1 is 1.27 bits per heavy atom. The van der Waals surface area contributed by atoms with Crippen LogP contribution in [0.15, 0.2) is 18.2 Å². The molecule has 2 amide bonds. The van der Waals surface area contributed by atoms with Gasteiger partial charge in [-0.2, -0.15) is 0 Å². The summed E-state index contributed by atoms with van der Waals surface area (Å²) in [5.74, 6) is -1.13. The van der Waals surface area contributed by atoms with Gasteiger partial charge in [-0.05, 0) is 55.6 Å². The third-order valence-corrected chi connectivity index (χ3v) is 6.17. The zero-order valence-corrected chi connectivity index (χ0v) is 17.8. The Hall–Kier alpha value is -3.05. The number of primary amides is 1. The van der Waals surface area contributed by atoms with Crippen LogP contribution in [0.25, 0.3) is 0 Å². The number of anilines is 1. The number of fused-ring (bicyclic) bond motifs is 1. The van der Waals surface area contributed by atoms with Gasteiger partial charge in [-0.3, -0.25) is 25.0 Å². The first-order valence-corrected chi connectivity index (χ1v) is 10.4. The highest BCUT2D eigenvalue weighted by Gasteiger charge is 2.24. The van der Waals surface area contributed by atoms with Crippen molar-refractivity contribution in [2.75, 3.05) is 12.4 Å². The van der Waals surface area contributed by atoms with E-state index < -0.39 is 16.7 Å². The van der Waals surface area contributed by atoms with E-state index >= 15 is 0 Å². The van der Waals surface area contributed by atoms with E-state index in [0.717, 1.165) is 48.6 Å². The highest BCUT2D eigenvalue weighted by Crippen LogP contribution is 2.37. The van der Waals surface area contributed by atoms with Crippen molar-refractivity contribution in [1.82, 2.24) is 5.32 Å². The summed E-state index contributed by atoms with van der Waals surface area (Å²) < 4.78 is 4.93. The highest BCUT2D eigenvalue weighted by molar-refractivity contribution is 7.80. The molecular formula is C19H20N4O5S2. The summed E-state index contributed by atoms with van der Waals surface area (Å²) in [5, 5.41) is 17.0. The first-order chi connectivity index (χ1) is 14.3. The molecule has 4 N–H and O–H groups in total. The topological polar surface area (TPSA) is 137 Å². The number of thiocarbonyl (C=S) groups is 1. The molecule has 0 aliphatic heterocycles. The quantitative estimate of drug-likeness (QED) is 0.276. The SMILES string of the molecule is COc1ccc(C(=O)NC(=S)Nc2sc3c(c2C(N)=O)CCCCC3)cc1[N+](=O)[O-]. The smallest absolute Gasteiger partial charge is 0.311 e. The van der Waals surface area contributed by atoms with E-state index in [1.807, 2.05) is 0 Å². The van der Waals surface area contributed by atoms with Crippen molar-refractivity contribution < 1.29 is 19.2 Å². The molecule has 2 aromatic rings. The Morgan fingerprint density at radius 2 is 2.00 bits per heavy atom. The second-order valence-electron chi connectivity index (χ2n) is 6.68. The number of amides is 2. The van der Waals surface area contributed by atoms with E-state index in [0.29, 0.717) is 10.6 Å². The summed E-state index contributed by atoms with van der Waals surface area (Å²) in [6, 6.07) is 3.84. The summed E-state index contributed by atoms with van der Waals surface area (Å²) >= 11 is 6.62. The minimum Gasteiger partial charge on any atom is -0.490 e. The van der Waals surface area contributed by atoms with Crippen LogP contribution in [0.5, 0.6) is 5.75 Å². The number of nitrogens with zero attached hydrogens (tertiary/aromatic N) is 1. The second-order valence-corrected chi connectivity index (χ2v) is 8.20. The average Bonchev–Trinajstić information content (AvgIpc) is 2.87.